The van der Waals surface area contributed by atoms with Crippen LogP contribution in [0, 0.1) is 0 Å². The lowest BCUT2D eigenvalue weighted by Gasteiger charge is -2.18. The Morgan fingerprint density at radius 2 is 2.14 bits per heavy atom. The summed E-state index contributed by atoms with van der Waals surface area (Å²) < 4.78 is 1.67. The van der Waals surface area contributed by atoms with Gasteiger partial charge in [0.25, 0.3) is 5.91 Å². The molecule has 0 atom stereocenters. The zero-order chi connectivity index (χ0) is 16.3. The van der Waals surface area contributed by atoms with Crippen molar-refractivity contribution in [3.05, 3.63) is 47.3 Å². The molecule has 0 aliphatic rings. The van der Waals surface area contributed by atoms with Gasteiger partial charge in [0, 0.05) is 31.4 Å². The molecule has 0 saturated heterocycles. The van der Waals surface area contributed by atoms with Crippen molar-refractivity contribution >= 4 is 24.8 Å². The van der Waals surface area contributed by atoms with Crippen LogP contribution in [0.3, 0.4) is 0 Å². The maximum Gasteiger partial charge on any atom is 0.489 e. The van der Waals surface area contributed by atoms with Crippen LogP contribution in [0.15, 0.2) is 30.5 Å². The molecule has 22 heavy (non-hydrogen) atoms. The molecular formula is C14H16BN3O4. The van der Waals surface area contributed by atoms with Crippen LogP contribution in [-0.2, 0) is 13.6 Å². The summed E-state index contributed by atoms with van der Waals surface area (Å²) in [6, 6.07) is 5.99. The van der Waals surface area contributed by atoms with Gasteiger partial charge in [-0.3, -0.25) is 14.3 Å². The average Bonchev–Trinajstić information content (AvgIpc) is 2.90. The zero-order valence-corrected chi connectivity index (χ0v) is 12.3. The summed E-state index contributed by atoms with van der Waals surface area (Å²) in [5.41, 5.74) is 1.32. The van der Waals surface area contributed by atoms with Gasteiger partial charge in [-0.25, -0.2) is 0 Å². The molecule has 2 rings (SSSR count). The van der Waals surface area contributed by atoms with E-state index in [4.69, 9.17) is 10.0 Å². The van der Waals surface area contributed by atoms with Crippen molar-refractivity contribution in [2.75, 3.05) is 7.05 Å². The number of aldehydes is 1. The minimum absolute atomic E-state index is 0.0702. The maximum atomic E-state index is 12.4. The van der Waals surface area contributed by atoms with E-state index in [0.717, 1.165) is 5.69 Å². The predicted molar refractivity (Wildman–Crippen MR) is 80.7 cm³/mol. The van der Waals surface area contributed by atoms with Crippen molar-refractivity contribution < 1.29 is 19.6 Å². The van der Waals surface area contributed by atoms with E-state index in [2.05, 4.69) is 5.10 Å². The van der Waals surface area contributed by atoms with E-state index in [1.807, 2.05) is 6.07 Å². The van der Waals surface area contributed by atoms with Crippen LogP contribution in [0.1, 0.15) is 26.4 Å². The summed E-state index contributed by atoms with van der Waals surface area (Å²) in [5.74, 6) is -0.275. The van der Waals surface area contributed by atoms with Crippen LogP contribution in [0.5, 0.6) is 0 Å². The minimum Gasteiger partial charge on any atom is -0.423 e. The number of rotatable bonds is 5. The molecule has 1 amide bonds. The number of hydrogen-bond acceptors (Lipinski definition) is 5. The monoisotopic (exact) mass is 301 g/mol. The second-order valence-electron chi connectivity index (χ2n) is 4.94. The van der Waals surface area contributed by atoms with Crippen LogP contribution in [0.2, 0.25) is 0 Å². The summed E-state index contributed by atoms with van der Waals surface area (Å²) in [7, 11) is 1.68. The first-order valence-electron chi connectivity index (χ1n) is 6.61. The summed E-state index contributed by atoms with van der Waals surface area (Å²) in [6.07, 6.45) is 2.14. The van der Waals surface area contributed by atoms with E-state index in [1.54, 1.807) is 25.0 Å². The lowest BCUT2D eigenvalue weighted by atomic mass is 9.77. The number of carbonyl (C=O) groups excluding carboxylic acids is 2. The summed E-state index contributed by atoms with van der Waals surface area (Å²) in [5, 5.41) is 22.4. The number of carbonyl (C=O) groups is 2. The van der Waals surface area contributed by atoms with Gasteiger partial charge >= 0.3 is 7.12 Å². The van der Waals surface area contributed by atoms with E-state index >= 15 is 0 Å². The lowest BCUT2D eigenvalue weighted by Crippen LogP contribution is -2.34. The van der Waals surface area contributed by atoms with Crippen molar-refractivity contribution in [3.63, 3.8) is 0 Å². The molecule has 1 aromatic heterocycles. The third kappa shape index (κ3) is 3.24. The third-order valence-corrected chi connectivity index (χ3v) is 3.41. The molecular weight excluding hydrogens is 285 g/mol. The number of aryl methyl sites for hydroxylation is 1. The van der Waals surface area contributed by atoms with Crippen molar-refractivity contribution in [2.24, 2.45) is 7.05 Å². The van der Waals surface area contributed by atoms with E-state index in [-0.39, 0.29) is 16.9 Å². The number of benzene rings is 1. The Morgan fingerprint density at radius 3 is 2.68 bits per heavy atom. The lowest BCUT2D eigenvalue weighted by molar-refractivity contribution is 0.0782. The first-order valence-corrected chi connectivity index (χ1v) is 6.61. The van der Waals surface area contributed by atoms with Gasteiger partial charge in [0.05, 0.1) is 12.2 Å². The summed E-state index contributed by atoms with van der Waals surface area (Å²) >= 11 is 0. The Balaban J connectivity index is 2.22. The molecule has 2 N–H and O–H groups in total. The Morgan fingerprint density at radius 1 is 1.41 bits per heavy atom. The average molecular weight is 301 g/mol. The van der Waals surface area contributed by atoms with Crippen LogP contribution < -0.4 is 5.46 Å². The van der Waals surface area contributed by atoms with E-state index in [9.17, 15) is 9.59 Å². The quantitative estimate of drug-likeness (QED) is 0.556. The van der Waals surface area contributed by atoms with Gasteiger partial charge in [0.15, 0.2) is 0 Å². The highest BCUT2D eigenvalue weighted by Gasteiger charge is 2.19. The molecule has 0 spiro atoms. The molecule has 0 saturated carbocycles. The Labute approximate surface area is 127 Å². The van der Waals surface area contributed by atoms with Crippen LogP contribution in [0.4, 0.5) is 0 Å². The maximum absolute atomic E-state index is 12.4. The number of amides is 1. The van der Waals surface area contributed by atoms with Crippen LogP contribution in [-0.4, -0.2) is 51.1 Å². The fourth-order valence-electron chi connectivity index (χ4n) is 2.14. The molecule has 114 valence electrons. The first-order chi connectivity index (χ1) is 10.4. The van der Waals surface area contributed by atoms with Crippen LogP contribution >= 0.6 is 0 Å². The van der Waals surface area contributed by atoms with Gasteiger partial charge in [0.2, 0.25) is 0 Å². The van der Waals surface area contributed by atoms with Crippen molar-refractivity contribution in [3.8, 4) is 0 Å². The van der Waals surface area contributed by atoms with Gasteiger partial charge in [-0.05, 0) is 23.7 Å². The molecule has 0 fully saturated rings. The highest BCUT2D eigenvalue weighted by Crippen LogP contribution is 2.09. The highest BCUT2D eigenvalue weighted by molar-refractivity contribution is 6.60. The molecule has 1 heterocycles. The van der Waals surface area contributed by atoms with Gasteiger partial charge in [0.1, 0.15) is 6.29 Å². The van der Waals surface area contributed by atoms with Crippen molar-refractivity contribution in [1.82, 2.24) is 14.7 Å². The Hall–Kier alpha value is -2.45. The van der Waals surface area contributed by atoms with E-state index in [1.165, 1.54) is 23.1 Å². The van der Waals surface area contributed by atoms with E-state index in [0.29, 0.717) is 18.4 Å². The van der Waals surface area contributed by atoms with Gasteiger partial charge < -0.3 is 14.9 Å². The summed E-state index contributed by atoms with van der Waals surface area (Å²) in [6.45, 7) is 0.371. The SMILES string of the molecule is CN(Cc1ccnn1C)C(=O)c1ccc(B(O)O)c(C=O)c1. The largest absolute Gasteiger partial charge is 0.489 e. The number of nitrogens with zero attached hydrogens (tertiary/aromatic N) is 3. The smallest absolute Gasteiger partial charge is 0.423 e. The molecule has 0 aliphatic carbocycles. The molecule has 8 heteroatoms. The normalized spacial score (nSPS) is 10.4. The Kier molecular flexibility index (Phi) is 4.74. The molecule has 0 bridgehead atoms. The zero-order valence-electron chi connectivity index (χ0n) is 12.3. The first kappa shape index (κ1) is 15.9. The second kappa shape index (κ2) is 6.55. The van der Waals surface area contributed by atoms with Gasteiger partial charge in [-0.1, -0.05) is 6.07 Å². The molecule has 7 nitrogen and oxygen atoms in total. The number of aromatic nitrogens is 2. The predicted octanol–water partition coefficient (Wildman–Crippen LogP) is -0.815. The molecule has 0 aliphatic heterocycles. The minimum atomic E-state index is -1.75. The standard InChI is InChI=1S/C14H16BN3O4/c1-17(8-12-5-6-16-18(12)2)14(20)10-3-4-13(15(21)22)11(7-10)9-19/h3-7,9,21-22H,8H2,1-2H3. The van der Waals surface area contributed by atoms with Gasteiger partial charge in [-0.2, -0.15) is 5.10 Å². The fourth-order valence-corrected chi connectivity index (χ4v) is 2.14. The van der Waals surface area contributed by atoms with Crippen molar-refractivity contribution in [2.45, 2.75) is 6.54 Å². The van der Waals surface area contributed by atoms with Gasteiger partial charge in [-0.15, -0.1) is 0 Å². The summed E-state index contributed by atoms with van der Waals surface area (Å²) in [4.78, 5) is 24.9. The van der Waals surface area contributed by atoms with Crippen LogP contribution in [0.25, 0.3) is 0 Å². The molecule has 0 radical (unpaired) electrons. The second-order valence-corrected chi connectivity index (χ2v) is 4.94. The molecule has 0 unspecified atom stereocenters. The Bertz CT molecular complexity index is 699. The van der Waals surface area contributed by atoms with E-state index < -0.39 is 7.12 Å². The number of hydrogen-bond donors (Lipinski definition) is 2. The highest BCUT2D eigenvalue weighted by atomic mass is 16.4. The molecule has 1 aromatic carbocycles. The fraction of sp³-hybridized carbons (Fsp3) is 0.214. The van der Waals surface area contributed by atoms with Crippen molar-refractivity contribution in [1.29, 1.82) is 0 Å². The third-order valence-electron chi connectivity index (χ3n) is 3.41. The molecule has 2 aromatic rings. The topological polar surface area (TPSA) is 95.7 Å².